The highest BCUT2D eigenvalue weighted by Crippen LogP contribution is 2.56. The molecule has 0 aromatic carbocycles. The van der Waals surface area contributed by atoms with Crippen molar-refractivity contribution in [3.63, 3.8) is 0 Å². The molecule has 4 aliphatic carbocycles. The molecule has 5 rings (SSSR count). The van der Waals surface area contributed by atoms with Crippen LogP contribution in [0.5, 0.6) is 5.88 Å². The van der Waals surface area contributed by atoms with Crippen LogP contribution < -0.4 is 15.8 Å². The molecule has 3 N–H and O–H groups in total. The van der Waals surface area contributed by atoms with Crippen LogP contribution in [-0.4, -0.2) is 22.6 Å². The second kappa shape index (κ2) is 4.24. The zero-order chi connectivity index (χ0) is 13.7. The van der Waals surface area contributed by atoms with Crippen molar-refractivity contribution in [1.82, 2.24) is 9.97 Å². The minimum atomic E-state index is 0.211. The van der Waals surface area contributed by atoms with Crippen LogP contribution in [0.15, 0.2) is 6.33 Å². The molecule has 0 saturated heterocycles. The summed E-state index contributed by atoms with van der Waals surface area (Å²) in [5, 5.41) is 3.67. The average Bonchev–Trinajstić information content (AvgIpc) is 2.39. The Labute approximate surface area is 119 Å². The Bertz CT molecular complexity index is 495. The average molecular weight is 274 g/mol. The zero-order valence-electron chi connectivity index (χ0n) is 11.9. The highest BCUT2D eigenvalue weighted by atomic mass is 16.5. The molecule has 0 amide bonds. The fourth-order valence-electron chi connectivity index (χ4n) is 5.16. The summed E-state index contributed by atoms with van der Waals surface area (Å²) in [6.07, 6.45) is 9.63. The van der Waals surface area contributed by atoms with Crippen LogP contribution >= 0.6 is 0 Å². The number of nitrogens with two attached hydrogens (primary N) is 1. The number of nitrogens with zero attached hydrogens (tertiary/aromatic N) is 2. The first-order chi connectivity index (χ1) is 9.67. The van der Waals surface area contributed by atoms with Crippen molar-refractivity contribution in [3.05, 3.63) is 6.33 Å². The lowest BCUT2D eigenvalue weighted by atomic mass is 9.53. The van der Waals surface area contributed by atoms with Crippen molar-refractivity contribution in [1.29, 1.82) is 0 Å². The Morgan fingerprint density at radius 2 is 1.75 bits per heavy atom. The number of hydrogen-bond donors (Lipinski definition) is 2. The van der Waals surface area contributed by atoms with Gasteiger partial charge in [0.15, 0.2) is 5.82 Å². The van der Waals surface area contributed by atoms with Gasteiger partial charge in [-0.3, -0.25) is 0 Å². The van der Waals surface area contributed by atoms with Crippen molar-refractivity contribution in [2.45, 2.75) is 44.1 Å². The topological polar surface area (TPSA) is 73.1 Å². The van der Waals surface area contributed by atoms with E-state index < -0.39 is 0 Å². The molecule has 5 heteroatoms. The predicted molar refractivity (Wildman–Crippen MR) is 77.5 cm³/mol. The molecule has 1 aromatic rings. The van der Waals surface area contributed by atoms with Crippen LogP contribution in [0.2, 0.25) is 0 Å². The van der Waals surface area contributed by atoms with Crippen molar-refractivity contribution < 1.29 is 4.74 Å². The van der Waals surface area contributed by atoms with Crippen LogP contribution in [0, 0.1) is 17.8 Å². The molecule has 0 atom stereocenters. The smallest absolute Gasteiger partial charge is 0.242 e. The monoisotopic (exact) mass is 274 g/mol. The van der Waals surface area contributed by atoms with Gasteiger partial charge >= 0.3 is 0 Å². The largest absolute Gasteiger partial charge is 0.479 e. The minimum absolute atomic E-state index is 0.211. The number of ether oxygens (including phenoxy) is 1. The third-order valence-electron chi connectivity index (χ3n) is 5.46. The van der Waals surface area contributed by atoms with Gasteiger partial charge in [-0.1, -0.05) is 0 Å². The van der Waals surface area contributed by atoms with E-state index in [1.807, 2.05) is 0 Å². The van der Waals surface area contributed by atoms with Crippen LogP contribution in [0.1, 0.15) is 38.5 Å². The van der Waals surface area contributed by atoms with Crippen molar-refractivity contribution in [2.24, 2.45) is 17.8 Å². The van der Waals surface area contributed by atoms with Crippen molar-refractivity contribution in [2.75, 3.05) is 18.2 Å². The molecule has 0 spiro atoms. The van der Waals surface area contributed by atoms with Gasteiger partial charge in [0.2, 0.25) is 5.88 Å². The fraction of sp³-hybridized carbons (Fsp3) is 0.733. The van der Waals surface area contributed by atoms with Gasteiger partial charge in [0.1, 0.15) is 12.0 Å². The molecule has 1 heterocycles. The van der Waals surface area contributed by atoms with Gasteiger partial charge in [-0.2, -0.15) is 4.98 Å². The van der Waals surface area contributed by atoms with Crippen LogP contribution in [0.4, 0.5) is 11.5 Å². The zero-order valence-corrected chi connectivity index (χ0v) is 11.9. The Morgan fingerprint density at radius 1 is 1.15 bits per heavy atom. The van der Waals surface area contributed by atoms with E-state index in [4.69, 9.17) is 10.5 Å². The molecule has 108 valence electrons. The first-order valence-corrected chi connectivity index (χ1v) is 7.60. The summed E-state index contributed by atoms with van der Waals surface area (Å²) >= 11 is 0. The molecule has 0 unspecified atom stereocenters. The van der Waals surface area contributed by atoms with E-state index in [0.717, 1.165) is 23.6 Å². The van der Waals surface area contributed by atoms with Crippen LogP contribution in [-0.2, 0) is 0 Å². The first-order valence-electron chi connectivity index (χ1n) is 7.60. The molecule has 0 radical (unpaired) electrons. The maximum absolute atomic E-state index is 6.11. The maximum atomic E-state index is 6.11. The lowest BCUT2D eigenvalue weighted by Crippen LogP contribution is -2.55. The standard InChI is InChI=1S/C15H22N4O/c1-20-14-12(16)13(17-8-18-14)19-15-5-9-2-10(6-15)4-11(3-9)7-15/h8-11H,2-7,16H2,1H3,(H,17,18,19). The highest BCUT2D eigenvalue weighted by molar-refractivity contribution is 5.67. The highest BCUT2D eigenvalue weighted by Gasteiger charge is 2.51. The second-order valence-electron chi connectivity index (χ2n) is 6.97. The minimum Gasteiger partial charge on any atom is -0.479 e. The van der Waals surface area contributed by atoms with Gasteiger partial charge in [-0.05, 0) is 56.3 Å². The molecule has 0 aliphatic heterocycles. The van der Waals surface area contributed by atoms with E-state index >= 15 is 0 Å². The third kappa shape index (κ3) is 1.83. The van der Waals surface area contributed by atoms with Crippen LogP contribution in [0.25, 0.3) is 0 Å². The van der Waals surface area contributed by atoms with Gasteiger partial charge in [0.25, 0.3) is 0 Å². The number of aromatic nitrogens is 2. The van der Waals surface area contributed by atoms with Gasteiger partial charge in [0.05, 0.1) is 7.11 Å². The van der Waals surface area contributed by atoms with Crippen molar-refractivity contribution in [3.8, 4) is 5.88 Å². The number of nitrogen functional groups attached to an aromatic ring is 1. The number of rotatable bonds is 3. The number of nitrogens with one attached hydrogen (secondary N) is 1. The number of methoxy groups -OCH3 is 1. The first kappa shape index (κ1) is 12.2. The van der Waals surface area contributed by atoms with Crippen LogP contribution in [0.3, 0.4) is 0 Å². The Morgan fingerprint density at radius 3 is 2.30 bits per heavy atom. The molecule has 20 heavy (non-hydrogen) atoms. The number of hydrogen-bond acceptors (Lipinski definition) is 5. The van der Waals surface area contributed by atoms with E-state index in [1.54, 1.807) is 7.11 Å². The Balaban J connectivity index is 1.63. The predicted octanol–water partition coefficient (Wildman–Crippen LogP) is 2.45. The summed E-state index contributed by atoms with van der Waals surface area (Å²) in [6, 6.07) is 0. The van der Waals surface area contributed by atoms with Gasteiger partial charge in [0, 0.05) is 5.54 Å². The van der Waals surface area contributed by atoms with Gasteiger partial charge in [-0.15, -0.1) is 0 Å². The normalized spacial score (nSPS) is 38.0. The molecular formula is C15H22N4O. The quantitative estimate of drug-likeness (QED) is 0.885. The summed E-state index contributed by atoms with van der Waals surface area (Å²) in [5.74, 6) is 3.92. The maximum Gasteiger partial charge on any atom is 0.242 e. The summed E-state index contributed by atoms with van der Waals surface area (Å²) in [6.45, 7) is 0. The summed E-state index contributed by atoms with van der Waals surface area (Å²) in [5.41, 5.74) is 6.85. The van der Waals surface area contributed by atoms with E-state index in [-0.39, 0.29) is 5.54 Å². The molecule has 4 bridgehead atoms. The van der Waals surface area contributed by atoms with E-state index in [9.17, 15) is 0 Å². The molecule has 4 saturated carbocycles. The summed E-state index contributed by atoms with van der Waals surface area (Å²) in [7, 11) is 1.59. The van der Waals surface area contributed by atoms with E-state index in [0.29, 0.717) is 11.6 Å². The molecule has 5 nitrogen and oxygen atoms in total. The SMILES string of the molecule is COc1ncnc(NC23CC4CC(CC(C4)C2)C3)c1N. The molecule has 4 fully saturated rings. The Kier molecular flexibility index (Phi) is 2.59. The van der Waals surface area contributed by atoms with Crippen molar-refractivity contribution >= 4 is 11.5 Å². The van der Waals surface area contributed by atoms with Gasteiger partial charge < -0.3 is 15.8 Å². The third-order valence-corrected chi connectivity index (χ3v) is 5.46. The fourth-order valence-corrected chi connectivity index (χ4v) is 5.16. The summed E-state index contributed by atoms with van der Waals surface area (Å²) in [4.78, 5) is 8.39. The molecule has 1 aromatic heterocycles. The molecular weight excluding hydrogens is 252 g/mol. The van der Waals surface area contributed by atoms with E-state index in [1.165, 1.54) is 44.9 Å². The summed E-state index contributed by atoms with van der Waals surface area (Å²) < 4.78 is 5.19. The van der Waals surface area contributed by atoms with E-state index in [2.05, 4.69) is 15.3 Å². The number of anilines is 2. The molecule has 4 aliphatic rings. The lowest BCUT2D eigenvalue weighted by molar-refractivity contribution is 0.0105. The second-order valence-corrected chi connectivity index (χ2v) is 6.97. The Hall–Kier alpha value is -1.52. The lowest BCUT2D eigenvalue weighted by Gasteiger charge is -2.57. The van der Waals surface area contributed by atoms with Gasteiger partial charge in [-0.25, -0.2) is 4.98 Å².